The Balaban J connectivity index is 2.39. The third kappa shape index (κ3) is 2.43. The maximum absolute atomic E-state index is 9.27. The van der Waals surface area contributed by atoms with Gasteiger partial charge in [0.2, 0.25) is 0 Å². The molecule has 0 atom stereocenters. The zero-order chi connectivity index (χ0) is 10.5. The first kappa shape index (κ1) is 10.3. The van der Waals surface area contributed by atoms with E-state index in [1.807, 2.05) is 36.4 Å². The summed E-state index contributed by atoms with van der Waals surface area (Å²) in [5, 5.41) is 9.27. The predicted octanol–water partition coefficient (Wildman–Crippen LogP) is 1.36. The van der Waals surface area contributed by atoms with Crippen molar-refractivity contribution in [2.24, 2.45) is 0 Å². The zero-order valence-corrected chi connectivity index (χ0v) is 11.6. The maximum atomic E-state index is 9.27. The Labute approximate surface area is 97.7 Å². The number of hydrogen-bond acceptors (Lipinski definition) is 1. The van der Waals surface area contributed by atoms with Crippen molar-refractivity contribution in [3.8, 4) is 3.78 Å². The van der Waals surface area contributed by atoms with Crippen LogP contribution >= 0.6 is 0 Å². The monoisotopic (exact) mass is 389 g/mol. The third-order valence-electron chi connectivity index (χ3n) is 2.13. The molecule has 0 saturated heterocycles. The van der Waals surface area contributed by atoms with Gasteiger partial charge in [0.05, 0.1) is 0 Å². The minimum absolute atomic E-state index is 1.25. The van der Waals surface area contributed by atoms with Crippen molar-refractivity contribution < 1.29 is 0 Å². The van der Waals surface area contributed by atoms with Crippen molar-refractivity contribution in [3.05, 3.63) is 60.7 Å². The molecule has 72 valence electrons. The average molecular weight is 389 g/mol. The van der Waals surface area contributed by atoms with Crippen LogP contribution in [0.25, 0.3) is 0 Å². The van der Waals surface area contributed by atoms with Gasteiger partial charge >= 0.3 is 98.0 Å². The van der Waals surface area contributed by atoms with Crippen LogP contribution in [0.4, 0.5) is 0 Å². The fourth-order valence-electron chi connectivity index (χ4n) is 1.42. The molecular weight excluding hydrogens is 379 g/mol. The van der Waals surface area contributed by atoms with Gasteiger partial charge in [-0.3, -0.25) is 0 Å². The molecule has 15 heavy (non-hydrogen) atoms. The van der Waals surface area contributed by atoms with Crippen LogP contribution in [0.5, 0.6) is 0 Å². The first-order valence-electron chi connectivity index (χ1n) is 4.72. The van der Waals surface area contributed by atoms with E-state index in [0.717, 1.165) is 0 Å². The molecule has 0 fully saturated rings. The van der Waals surface area contributed by atoms with E-state index in [1.54, 1.807) is 0 Å². The van der Waals surface area contributed by atoms with E-state index >= 15 is 0 Å². The third-order valence-corrected chi connectivity index (χ3v) is 9.24. The summed E-state index contributed by atoms with van der Waals surface area (Å²) in [5.41, 5.74) is 0. The van der Waals surface area contributed by atoms with Crippen molar-refractivity contribution in [1.82, 2.24) is 0 Å². The molecule has 2 rings (SSSR count). The molecule has 0 aliphatic carbocycles. The van der Waals surface area contributed by atoms with Crippen molar-refractivity contribution in [1.29, 1.82) is 5.26 Å². The van der Waals surface area contributed by atoms with Crippen LogP contribution in [0.2, 0.25) is 0 Å². The van der Waals surface area contributed by atoms with Gasteiger partial charge in [0.1, 0.15) is 0 Å². The van der Waals surface area contributed by atoms with Crippen LogP contribution in [0, 0.1) is 9.04 Å². The van der Waals surface area contributed by atoms with E-state index in [9.17, 15) is 5.26 Å². The van der Waals surface area contributed by atoms with E-state index in [2.05, 4.69) is 28.0 Å². The molecular formula is C13H10BiN. The summed E-state index contributed by atoms with van der Waals surface area (Å²) < 4.78 is 5.04. The molecule has 0 bridgehead atoms. The van der Waals surface area contributed by atoms with Gasteiger partial charge in [0, 0.05) is 0 Å². The van der Waals surface area contributed by atoms with Crippen LogP contribution in [-0.4, -0.2) is 21.8 Å². The Bertz CT molecular complexity index is 419. The van der Waals surface area contributed by atoms with Crippen LogP contribution in [0.3, 0.4) is 0 Å². The number of hydrogen-bond donors (Lipinski definition) is 0. The first-order valence-corrected chi connectivity index (χ1v) is 9.93. The van der Waals surface area contributed by atoms with Crippen LogP contribution in [-0.2, 0) is 0 Å². The van der Waals surface area contributed by atoms with Crippen molar-refractivity contribution >= 4 is 28.3 Å². The molecule has 0 N–H and O–H groups in total. The number of nitrogens with zero attached hydrogens (tertiary/aromatic N) is 1. The van der Waals surface area contributed by atoms with Gasteiger partial charge < -0.3 is 0 Å². The average Bonchev–Trinajstić information content (AvgIpc) is 2.33. The summed E-state index contributed by atoms with van der Waals surface area (Å²) in [6.07, 6.45) is 0. The normalized spacial score (nSPS) is 9.87. The SMILES string of the molecule is N#[C][Bi]([c]1ccccc1)[c]1ccccc1. The second kappa shape index (κ2) is 5.05. The van der Waals surface area contributed by atoms with Crippen LogP contribution in [0.15, 0.2) is 60.7 Å². The van der Waals surface area contributed by atoms with E-state index < -0.39 is 21.8 Å². The Morgan fingerprint density at radius 2 is 1.13 bits per heavy atom. The van der Waals surface area contributed by atoms with Gasteiger partial charge in [0.25, 0.3) is 0 Å². The fraction of sp³-hybridized carbons (Fsp3) is 0. The van der Waals surface area contributed by atoms with Crippen LogP contribution < -0.4 is 6.54 Å². The summed E-state index contributed by atoms with van der Waals surface area (Å²) in [7, 11) is 0. The summed E-state index contributed by atoms with van der Waals surface area (Å²) in [4.78, 5) is 0. The van der Waals surface area contributed by atoms with Crippen molar-refractivity contribution in [3.63, 3.8) is 0 Å². The van der Waals surface area contributed by atoms with Gasteiger partial charge in [-0.25, -0.2) is 0 Å². The molecule has 0 heterocycles. The van der Waals surface area contributed by atoms with Gasteiger partial charge in [-0.15, -0.1) is 0 Å². The summed E-state index contributed by atoms with van der Waals surface area (Å²) in [6, 6.07) is 20.3. The molecule has 2 aromatic carbocycles. The molecule has 1 nitrogen and oxygen atoms in total. The summed E-state index contributed by atoms with van der Waals surface area (Å²) in [5.74, 6) is 0. The van der Waals surface area contributed by atoms with E-state index in [-0.39, 0.29) is 0 Å². The summed E-state index contributed by atoms with van der Waals surface area (Å²) >= 11 is -2.31. The second-order valence-corrected chi connectivity index (χ2v) is 10.5. The molecule has 0 saturated carbocycles. The minimum atomic E-state index is -2.31. The van der Waals surface area contributed by atoms with E-state index in [0.29, 0.717) is 0 Å². The number of benzene rings is 2. The molecule has 0 aromatic heterocycles. The predicted molar refractivity (Wildman–Crippen MR) is 63.5 cm³/mol. The molecule has 2 heteroatoms. The van der Waals surface area contributed by atoms with Crippen molar-refractivity contribution in [2.45, 2.75) is 0 Å². The topological polar surface area (TPSA) is 23.8 Å². The van der Waals surface area contributed by atoms with Crippen molar-refractivity contribution in [2.75, 3.05) is 0 Å². The Morgan fingerprint density at radius 3 is 1.47 bits per heavy atom. The zero-order valence-electron chi connectivity index (χ0n) is 8.17. The standard InChI is InChI=1S/2C6H5.CN.Bi/c2*1-2-4-6-5-3-1;1-2;/h2*1-5H;;. The van der Waals surface area contributed by atoms with Gasteiger partial charge in [0.15, 0.2) is 0 Å². The molecule has 0 aliphatic rings. The van der Waals surface area contributed by atoms with E-state index in [4.69, 9.17) is 0 Å². The number of nitriles is 1. The molecule has 0 radical (unpaired) electrons. The van der Waals surface area contributed by atoms with Gasteiger partial charge in [-0.2, -0.15) is 0 Å². The van der Waals surface area contributed by atoms with Gasteiger partial charge in [-0.1, -0.05) is 0 Å². The Hall–Kier alpha value is -1.19. The molecule has 2 aromatic rings. The number of rotatable bonds is 2. The fourth-order valence-corrected chi connectivity index (χ4v) is 7.13. The Kier molecular flexibility index (Phi) is 3.48. The Morgan fingerprint density at radius 1 is 0.733 bits per heavy atom. The second-order valence-electron chi connectivity index (χ2n) is 3.11. The molecule has 0 amide bonds. The van der Waals surface area contributed by atoms with Crippen LogP contribution in [0.1, 0.15) is 0 Å². The van der Waals surface area contributed by atoms with Gasteiger partial charge in [-0.05, 0) is 0 Å². The molecule has 0 unspecified atom stereocenters. The summed E-state index contributed by atoms with van der Waals surface area (Å²) in [6.45, 7) is 0. The molecule has 0 spiro atoms. The van der Waals surface area contributed by atoms with E-state index in [1.165, 1.54) is 6.54 Å². The first-order chi connectivity index (χ1) is 7.42. The quantitative estimate of drug-likeness (QED) is 0.712. The molecule has 0 aliphatic heterocycles.